The summed E-state index contributed by atoms with van der Waals surface area (Å²) >= 11 is 3.78. The van der Waals surface area contributed by atoms with Gasteiger partial charge in [0.05, 0.1) is 6.54 Å². The van der Waals surface area contributed by atoms with Crippen molar-refractivity contribution in [1.82, 2.24) is 0 Å². The summed E-state index contributed by atoms with van der Waals surface area (Å²) in [5.74, 6) is 1.13. The lowest BCUT2D eigenvalue weighted by atomic mass is 10.5. The summed E-state index contributed by atoms with van der Waals surface area (Å²) < 4.78 is 0. The van der Waals surface area contributed by atoms with E-state index in [1.54, 1.807) is 6.08 Å². The molecule has 1 aliphatic heterocycles. The van der Waals surface area contributed by atoms with Gasteiger partial charge in [-0.2, -0.15) is 0 Å². The molecule has 0 spiro atoms. The predicted octanol–water partition coefficient (Wildman–Crippen LogP) is 1.13. The summed E-state index contributed by atoms with van der Waals surface area (Å²) in [6.07, 6.45) is 1.55. The summed E-state index contributed by atoms with van der Waals surface area (Å²) in [5.41, 5.74) is 0. The van der Waals surface area contributed by atoms with Crippen LogP contribution < -0.4 is 0 Å². The van der Waals surface area contributed by atoms with E-state index in [1.807, 2.05) is 23.5 Å². The van der Waals surface area contributed by atoms with Crippen molar-refractivity contribution in [2.24, 2.45) is 4.99 Å². The van der Waals surface area contributed by atoms with E-state index < -0.39 is 0 Å². The van der Waals surface area contributed by atoms with Crippen molar-refractivity contribution in [3.8, 4) is 0 Å². The van der Waals surface area contributed by atoms with Crippen LogP contribution in [0.4, 0.5) is 0 Å². The first-order valence-electron chi connectivity index (χ1n) is 2.66. The summed E-state index contributed by atoms with van der Waals surface area (Å²) in [7, 11) is 0. The third-order valence-electron chi connectivity index (χ3n) is 1.05. The molecule has 0 aliphatic carbocycles. The average molecular weight is 161 g/mol. The molecule has 4 heteroatoms. The lowest BCUT2D eigenvalue weighted by Crippen LogP contribution is -2.04. The fraction of sp³-hybridized carbons (Fsp3) is 0.800. The van der Waals surface area contributed by atoms with Crippen molar-refractivity contribution < 1.29 is 4.79 Å². The van der Waals surface area contributed by atoms with E-state index in [2.05, 4.69) is 4.99 Å². The highest BCUT2D eigenvalue weighted by Gasteiger charge is 2.14. The van der Waals surface area contributed by atoms with E-state index >= 15 is 0 Å². The number of hydrogen-bond donors (Lipinski definition) is 0. The second kappa shape index (κ2) is 3.99. The van der Waals surface area contributed by atoms with Crippen molar-refractivity contribution in [2.75, 3.05) is 17.4 Å². The van der Waals surface area contributed by atoms with Crippen LogP contribution in [0, 0.1) is 0 Å². The fourth-order valence-electron chi connectivity index (χ4n) is 0.617. The minimum atomic E-state index is 0.566. The molecule has 1 atom stereocenters. The highest BCUT2D eigenvalue weighted by molar-refractivity contribution is 8.19. The minimum Gasteiger partial charge on any atom is -0.211 e. The summed E-state index contributed by atoms with van der Waals surface area (Å²) in [4.78, 5) is 13.2. The first-order chi connectivity index (χ1) is 4.43. The van der Waals surface area contributed by atoms with Crippen LogP contribution in [0.1, 0.15) is 0 Å². The molecule has 0 bridgehead atoms. The predicted molar refractivity (Wildman–Crippen MR) is 41.7 cm³/mol. The topological polar surface area (TPSA) is 29.4 Å². The number of rotatable bonds is 2. The van der Waals surface area contributed by atoms with Crippen LogP contribution in [0.3, 0.4) is 0 Å². The van der Waals surface area contributed by atoms with Crippen LogP contribution in [-0.4, -0.2) is 28.7 Å². The van der Waals surface area contributed by atoms with Crippen molar-refractivity contribution in [2.45, 2.75) is 5.25 Å². The van der Waals surface area contributed by atoms with Gasteiger partial charge in [0.1, 0.15) is 0 Å². The van der Waals surface area contributed by atoms with Gasteiger partial charge in [-0.25, -0.2) is 9.79 Å². The number of aliphatic imine (C=N–C) groups is 1. The van der Waals surface area contributed by atoms with Gasteiger partial charge in [-0.1, -0.05) is 0 Å². The molecule has 2 nitrogen and oxygen atoms in total. The van der Waals surface area contributed by atoms with Crippen molar-refractivity contribution in [1.29, 1.82) is 0 Å². The fourth-order valence-corrected chi connectivity index (χ4v) is 3.38. The van der Waals surface area contributed by atoms with Crippen LogP contribution in [0.15, 0.2) is 4.99 Å². The Bertz CT molecular complexity index is 127. The van der Waals surface area contributed by atoms with Crippen molar-refractivity contribution in [3.63, 3.8) is 0 Å². The van der Waals surface area contributed by atoms with Gasteiger partial charge in [0.15, 0.2) is 0 Å². The lowest BCUT2D eigenvalue weighted by molar-refractivity contribution is 0.563. The van der Waals surface area contributed by atoms with Crippen molar-refractivity contribution >= 4 is 29.6 Å². The second-order valence-corrected chi connectivity index (χ2v) is 4.39. The maximum absolute atomic E-state index is 9.65. The molecule has 1 aliphatic rings. The molecular formula is C5H7NOS2. The largest absolute Gasteiger partial charge is 0.234 e. The molecule has 1 unspecified atom stereocenters. The van der Waals surface area contributed by atoms with Crippen LogP contribution in [0.25, 0.3) is 0 Å². The molecule has 1 heterocycles. The van der Waals surface area contributed by atoms with E-state index in [-0.39, 0.29) is 0 Å². The number of thioether (sulfide) groups is 2. The van der Waals surface area contributed by atoms with Crippen molar-refractivity contribution in [3.05, 3.63) is 0 Å². The maximum atomic E-state index is 9.65. The minimum absolute atomic E-state index is 0.566. The molecule has 0 aromatic heterocycles. The Morgan fingerprint density at radius 1 is 1.78 bits per heavy atom. The van der Waals surface area contributed by atoms with E-state index in [0.29, 0.717) is 11.8 Å². The first-order valence-corrected chi connectivity index (χ1v) is 4.87. The lowest BCUT2D eigenvalue weighted by Gasteiger charge is -1.97. The normalized spacial score (nSPS) is 25.6. The van der Waals surface area contributed by atoms with Crippen LogP contribution in [0.2, 0.25) is 0 Å². The van der Waals surface area contributed by atoms with Gasteiger partial charge in [0.2, 0.25) is 6.08 Å². The summed E-state index contributed by atoms with van der Waals surface area (Å²) in [6.45, 7) is 0.654. The molecule has 0 radical (unpaired) electrons. The van der Waals surface area contributed by atoms with Gasteiger partial charge in [-0.05, 0) is 0 Å². The number of isocyanates is 1. The molecule has 9 heavy (non-hydrogen) atoms. The SMILES string of the molecule is O=C=NCC1CSCS1. The summed E-state index contributed by atoms with van der Waals surface area (Å²) in [6, 6.07) is 0. The zero-order valence-electron chi connectivity index (χ0n) is 4.87. The third-order valence-corrected chi connectivity index (χ3v) is 3.90. The molecule has 1 saturated heterocycles. The average Bonchev–Trinajstić information content (AvgIpc) is 2.34. The zero-order chi connectivity index (χ0) is 6.53. The Morgan fingerprint density at radius 3 is 3.22 bits per heavy atom. The molecule has 1 rings (SSSR count). The quantitative estimate of drug-likeness (QED) is 0.449. The molecule has 0 amide bonds. The van der Waals surface area contributed by atoms with Gasteiger partial charge < -0.3 is 0 Å². The van der Waals surface area contributed by atoms with Crippen LogP contribution >= 0.6 is 23.5 Å². The summed E-state index contributed by atoms with van der Waals surface area (Å²) in [5, 5.41) is 1.72. The number of hydrogen-bond acceptors (Lipinski definition) is 4. The van der Waals surface area contributed by atoms with E-state index in [1.165, 1.54) is 0 Å². The van der Waals surface area contributed by atoms with Gasteiger partial charge in [-0.3, -0.25) is 0 Å². The molecular weight excluding hydrogens is 154 g/mol. The first kappa shape index (κ1) is 7.19. The van der Waals surface area contributed by atoms with Gasteiger partial charge in [-0.15, -0.1) is 23.5 Å². The Balaban J connectivity index is 2.18. The Hall–Kier alpha value is 0.0800. The molecule has 0 aromatic rings. The van der Waals surface area contributed by atoms with Gasteiger partial charge >= 0.3 is 0 Å². The van der Waals surface area contributed by atoms with E-state index in [4.69, 9.17) is 0 Å². The van der Waals surface area contributed by atoms with Gasteiger partial charge in [0.25, 0.3) is 0 Å². The third kappa shape index (κ3) is 2.43. The van der Waals surface area contributed by atoms with Crippen LogP contribution in [-0.2, 0) is 4.79 Å². The highest BCUT2D eigenvalue weighted by Crippen LogP contribution is 2.29. The Kier molecular flexibility index (Phi) is 3.18. The highest BCUT2D eigenvalue weighted by atomic mass is 32.2. The molecule has 0 N–H and O–H groups in total. The zero-order valence-corrected chi connectivity index (χ0v) is 6.50. The van der Waals surface area contributed by atoms with Gasteiger partial charge in [0, 0.05) is 16.1 Å². The maximum Gasteiger partial charge on any atom is 0.234 e. The molecule has 0 aromatic carbocycles. The van der Waals surface area contributed by atoms with E-state index in [0.717, 1.165) is 10.8 Å². The standard InChI is InChI=1S/C5H7NOS2/c7-3-6-1-5-2-8-4-9-5/h5H,1-2,4H2. The Morgan fingerprint density at radius 2 is 2.67 bits per heavy atom. The molecule has 0 saturated carbocycles. The second-order valence-electron chi connectivity index (χ2n) is 1.71. The van der Waals surface area contributed by atoms with E-state index in [9.17, 15) is 4.79 Å². The van der Waals surface area contributed by atoms with Crippen LogP contribution in [0.5, 0.6) is 0 Å². The Labute approximate surface area is 62.5 Å². The smallest absolute Gasteiger partial charge is 0.211 e. The number of nitrogens with zero attached hydrogens (tertiary/aromatic N) is 1. The number of carbonyl (C=O) groups excluding carboxylic acids is 1. The molecule has 1 fully saturated rings. The monoisotopic (exact) mass is 161 g/mol. The molecule has 50 valence electrons.